The van der Waals surface area contributed by atoms with Gasteiger partial charge in [-0.25, -0.2) is 0 Å². The van der Waals surface area contributed by atoms with Gasteiger partial charge in [0.25, 0.3) is 0 Å². The van der Waals surface area contributed by atoms with E-state index in [1.54, 1.807) is 30.5 Å². The Bertz CT molecular complexity index is 4500. The maximum absolute atomic E-state index is 8.82. The summed E-state index contributed by atoms with van der Waals surface area (Å²) < 4.78 is 57.6. The van der Waals surface area contributed by atoms with Gasteiger partial charge in [-0.2, -0.15) is 0 Å². The van der Waals surface area contributed by atoms with E-state index < -0.39 is 29.9 Å². The Labute approximate surface area is 504 Å². The van der Waals surface area contributed by atoms with Gasteiger partial charge in [-0.15, -0.1) is 53.6 Å². The number of rotatable bonds is 9. The molecule has 411 valence electrons. The first-order valence-electron chi connectivity index (χ1n) is 31.1. The molecule has 0 atom stereocenters. The Morgan fingerprint density at radius 2 is 1.26 bits per heavy atom. The molecule has 3 aromatic heterocycles. The third-order valence-electron chi connectivity index (χ3n) is 15.8. The topological polar surface area (TPSA) is 43.9 Å². The van der Waals surface area contributed by atoms with Crippen LogP contribution in [0.15, 0.2) is 174 Å². The third-order valence-corrected chi connectivity index (χ3v) is 19.8. The summed E-state index contributed by atoms with van der Waals surface area (Å²) in [5, 5.41) is 9.60. The van der Waals surface area contributed by atoms with E-state index >= 15 is 0 Å². The number of furan rings is 1. The van der Waals surface area contributed by atoms with Gasteiger partial charge >= 0.3 is 0 Å². The van der Waals surface area contributed by atoms with Gasteiger partial charge in [0.15, 0.2) is 0 Å². The summed E-state index contributed by atoms with van der Waals surface area (Å²) in [6.45, 7) is 25.5. The fourth-order valence-electron chi connectivity index (χ4n) is 11.0. The fourth-order valence-corrected chi connectivity index (χ4v) is 13.5. The van der Waals surface area contributed by atoms with Crippen molar-refractivity contribution >= 4 is 81.0 Å². The predicted molar refractivity (Wildman–Crippen MR) is 349 cm³/mol. The van der Waals surface area contributed by atoms with E-state index in [0.717, 1.165) is 66.3 Å². The van der Waals surface area contributed by atoms with Crippen molar-refractivity contribution in [2.45, 2.75) is 119 Å². The molecule has 0 saturated carbocycles. The molecule has 0 bridgehead atoms. The summed E-state index contributed by atoms with van der Waals surface area (Å²) in [6.07, 6.45) is 1.78. The van der Waals surface area contributed by atoms with Crippen LogP contribution in [-0.4, -0.2) is 30.7 Å². The molecule has 0 aliphatic carbocycles. The summed E-state index contributed by atoms with van der Waals surface area (Å²) >= 11 is 0. The number of nitrogens with zero attached hydrogens (tertiary/aromatic N) is 3. The van der Waals surface area contributed by atoms with Crippen LogP contribution in [0.2, 0.25) is 39.3 Å². The first-order chi connectivity index (χ1) is 40.4. The predicted octanol–water partition coefficient (Wildman–Crippen LogP) is 19.8. The molecule has 1 radical (unpaired) electrons. The van der Waals surface area contributed by atoms with Gasteiger partial charge in [-0.3, -0.25) is 4.98 Å². The first kappa shape index (κ1) is 49.8. The number of hydrogen-bond donors (Lipinski definition) is 0. The van der Waals surface area contributed by atoms with Gasteiger partial charge in [-0.05, 0) is 132 Å². The summed E-state index contributed by atoms with van der Waals surface area (Å²) in [7, 11) is -3.11. The average Bonchev–Trinajstić information content (AvgIpc) is 1.67. The number of para-hydroxylation sites is 1. The molecule has 0 amide bonds. The van der Waals surface area contributed by atoms with E-state index in [0.29, 0.717) is 33.6 Å². The van der Waals surface area contributed by atoms with Crippen molar-refractivity contribution < 1.29 is 32.7 Å². The Kier molecular flexibility index (Phi) is 13.6. The number of fused-ring (bicyclic) bond motifs is 7. The van der Waals surface area contributed by atoms with Crippen molar-refractivity contribution in [1.82, 2.24) is 14.5 Å². The summed E-state index contributed by atoms with van der Waals surface area (Å²) in [6, 6.07) is 63.2. The summed E-state index contributed by atoms with van der Waals surface area (Å²) in [5.74, 6) is 0.763. The fraction of sp³-hybridized carbons (Fsp3) is 0.243. The van der Waals surface area contributed by atoms with E-state index in [9.17, 15) is 0 Å². The molecule has 81 heavy (non-hydrogen) atoms. The zero-order valence-electron chi connectivity index (χ0n) is 54.9. The SMILES string of the molecule is [2H]C([2H])([2H])c1c[c-]c(-c2cc(C(C)(C)C)ccn2)cc1.[2H]C([2H])([2H])c1cccc2nc(-c3[c-]ccc4c3oc3cc5c(ccc6ccccc65)cc34)n(-c3c(C(C)C)cc(-c4ccc(-c5cc([Si](C)(C)C)cc([Si](C)(C)C)c5)cc4)cc3C(C)C)c12.[Ir]. The van der Waals surface area contributed by atoms with Crippen molar-refractivity contribution in [3.8, 4) is 50.6 Å². The minimum Gasteiger partial charge on any atom is -0.501 e. The average molecular weight is 1280 g/mol. The molecule has 0 N–H and O–H groups in total. The number of benzene rings is 9. The van der Waals surface area contributed by atoms with Crippen LogP contribution in [0, 0.1) is 25.8 Å². The quantitative estimate of drug-likeness (QED) is 0.0822. The van der Waals surface area contributed by atoms with Crippen molar-refractivity contribution in [3.05, 3.63) is 210 Å². The molecule has 12 rings (SSSR count). The molecule has 3 heterocycles. The van der Waals surface area contributed by atoms with Gasteiger partial charge in [0, 0.05) is 45.6 Å². The van der Waals surface area contributed by atoms with Gasteiger partial charge in [0.2, 0.25) is 0 Å². The van der Waals surface area contributed by atoms with Crippen LogP contribution < -0.4 is 10.4 Å². The Morgan fingerprint density at radius 3 is 1.88 bits per heavy atom. The van der Waals surface area contributed by atoms with E-state index in [1.165, 1.54) is 43.9 Å². The zero-order chi connectivity index (χ0) is 61.6. The van der Waals surface area contributed by atoms with Gasteiger partial charge in [0.05, 0.1) is 38.6 Å². The van der Waals surface area contributed by atoms with Crippen molar-refractivity contribution in [2.75, 3.05) is 0 Å². The zero-order valence-corrected chi connectivity index (χ0v) is 53.3. The second-order valence-electron chi connectivity index (χ2n) is 25.4. The molecular weight excluding hydrogens is 1200 g/mol. The number of pyridine rings is 1. The minimum atomic E-state index is -2.39. The van der Waals surface area contributed by atoms with E-state index in [1.807, 2.05) is 24.3 Å². The normalized spacial score (nSPS) is 13.7. The number of hydrogen-bond acceptors (Lipinski definition) is 3. The van der Waals surface area contributed by atoms with E-state index in [-0.39, 0.29) is 42.9 Å². The molecule has 0 unspecified atom stereocenters. The largest absolute Gasteiger partial charge is 0.501 e. The van der Waals surface area contributed by atoms with Crippen LogP contribution >= 0.6 is 0 Å². The van der Waals surface area contributed by atoms with Crippen LogP contribution in [0.25, 0.3) is 105 Å². The Morgan fingerprint density at radius 1 is 0.593 bits per heavy atom. The van der Waals surface area contributed by atoms with E-state index in [2.05, 4.69) is 219 Å². The smallest absolute Gasteiger partial charge is 0.121 e. The molecule has 0 fully saturated rings. The van der Waals surface area contributed by atoms with Crippen molar-refractivity contribution in [1.29, 1.82) is 0 Å². The van der Waals surface area contributed by atoms with Gasteiger partial charge < -0.3 is 14.0 Å². The van der Waals surface area contributed by atoms with Crippen LogP contribution in [0.5, 0.6) is 0 Å². The van der Waals surface area contributed by atoms with Crippen LogP contribution in [0.1, 0.15) is 96.3 Å². The number of imidazole rings is 1. The minimum absolute atomic E-state index is 0. The molecule has 7 heteroatoms. The second-order valence-corrected chi connectivity index (χ2v) is 35.5. The molecule has 4 nitrogen and oxygen atoms in total. The maximum Gasteiger partial charge on any atom is 0.121 e. The summed E-state index contributed by atoms with van der Waals surface area (Å²) in [5.41, 5.74) is 14.7. The van der Waals surface area contributed by atoms with Crippen LogP contribution in [0.3, 0.4) is 0 Å². The molecule has 12 aromatic rings. The maximum atomic E-state index is 8.82. The molecular formula is C74H75IrN3OSi2-2. The number of aryl methyl sites for hydroxylation is 2. The van der Waals surface area contributed by atoms with Crippen LogP contribution in [0.4, 0.5) is 0 Å². The standard InChI is InChI=1S/C58H57N2OSi2.C16H18N.Ir/c1-35(2)49-31-43(39-24-22-38(23-25-39)42-28-44(62(6,7)8)33-45(29-42)63(9,10)11)32-50(36(3)4)56(49)60-55-37(5)16-14-21-53(55)59-58(60)48-20-15-19-47-52-30-41-27-26-40-17-12-13-18-46(40)51(41)34-54(52)61-57(47)48;1-12-5-7-13(8-6-12)15-11-14(9-10-17-15)16(2,3)4;/h12-19,21-36H,1-11H3;5-7,9-11H,1-4H3;/q2*-1;/i5D3;1D3;. The molecule has 0 aliphatic heterocycles. The summed E-state index contributed by atoms with van der Waals surface area (Å²) in [4.78, 5) is 9.68. The monoisotopic (exact) mass is 1280 g/mol. The molecule has 0 spiro atoms. The Balaban J connectivity index is 0.000000339. The molecule has 0 aliphatic rings. The van der Waals surface area contributed by atoms with E-state index in [4.69, 9.17) is 17.6 Å². The third kappa shape index (κ3) is 11.2. The van der Waals surface area contributed by atoms with Gasteiger partial charge in [0.1, 0.15) is 5.58 Å². The number of aromatic nitrogens is 3. The first-order valence-corrected chi connectivity index (χ1v) is 35.1. The van der Waals surface area contributed by atoms with Crippen molar-refractivity contribution in [3.63, 3.8) is 0 Å². The molecule has 0 saturated heterocycles. The Hall–Kier alpha value is -7.00. The second kappa shape index (κ2) is 22.1. The van der Waals surface area contributed by atoms with Crippen LogP contribution in [-0.2, 0) is 25.5 Å². The molecule has 9 aromatic carbocycles. The van der Waals surface area contributed by atoms with Crippen molar-refractivity contribution in [2.24, 2.45) is 0 Å². The van der Waals surface area contributed by atoms with Gasteiger partial charge in [-0.1, -0.05) is 213 Å².